The lowest BCUT2D eigenvalue weighted by Gasteiger charge is -2.14. The number of hydrogen-bond acceptors (Lipinski definition) is 2. The number of halogens is 2. The van der Waals surface area contributed by atoms with Gasteiger partial charge < -0.3 is 10.8 Å². The predicted octanol–water partition coefficient (Wildman–Crippen LogP) is 2.42. The summed E-state index contributed by atoms with van der Waals surface area (Å²) in [6.45, 7) is 0.626. The first-order chi connectivity index (χ1) is 6.69. The van der Waals surface area contributed by atoms with Crippen LogP contribution in [0.1, 0.15) is 17.9 Å². The molecule has 0 unspecified atom stereocenters. The molecule has 2 nitrogen and oxygen atoms in total. The maximum atomic E-state index is 8.84. The van der Waals surface area contributed by atoms with Gasteiger partial charge in [0.05, 0.1) is 10.0 Å². The van der Waals surface area contributed by atoms with Crippen LogP contribution >= 0.6 is 23.2 Å². The molecule has 1 atom stereocenters. The smallest absolute Gasteiger partial charge is 0.0595 e. The van der Waals surface area contributed by atoms with Gasteiger partial charge in [-0.3, -0.25) is 0 Å². The highest BCUT2D eigenvalue weighted by molar-refractivity contribution is 6.42. The molecule has 0 saturated carbocycles. The lowest BCUT2D eigenvalue weighted by molar-refractivity contribution is 0.276. The third-order valence-corrected chi connectivity index (χ3v) is 2.92. The molecule has 0 heterocycles. The van der Waals surface area contributed by atoms with Crippen LogP contribution in [0.3, 0.4) is 0 Å². The molecule has 0 bridgehead atoms. The van der Waals surface area contributed by atoms with Gasteiger partial charge >= 0.3 is 0 Å². The van der Waals surface area contributed by atoms with Gasteiger partial charge in [-0.1, -0.05) is 29.3 Å². The first-order valence-electron chi connectivity index (χ1n) is 4.45. The normalized spacial score (nSPS) is 12.9. The molecule has 0 aliphatic rings. The van der Waals surface area contributed by atoms with Crippen molar-refractivity contribution in [2.24, 2.45) is 5.73 Å². The van der Waals surface area contributed by atoms with Crippen LogP contribution in [0.25, 0.3) is 0 Å². The van der Waals surface area contributed by atoms with E-state index in [1.165, 1.54) is 0 Å². The lowest BCUT2D eigenvalue weighted by Crippen LogP contribution is -2.13. The third-order valence-electron chi connectivity index (χ3n) is 2.18. The largest absolute Gasteiger partial charge is 0.396 e. The van der Waals surface area contributed by atoms with Gasteiger partial charge in [0.25, 0.3) is 0 Å². The zero-order valence-corrected chi connectivity index (χ0v) is 9.22. The van der Waals surface area contributed by atoms with Crippen LogP contribution in [0.4, 0.5) is 0 Å². The summed E-state index contributed by atoms with van der Waals surface area (Å²) in [7, 11) is 0. The van der Waals surface area contributed by atoms with Crippen molar-refractivity contribution in [1.82, 2.24) is 0 Å². The molecule has 4 heteroatoms. The fourth-order valence-corrected chi connectivity index (χ4v) is 1.65. The van der Waals surface area contributed by atoms with E-state index in [0.29, 0.717) is 23.0 Å². The standard InChI is InChI=1S/C10H13Cl2NO/c11-9-2-1-7(5-10(9)12)8(6-13)3-4-14/h1-2,5,8,14H,3-4,6,13H2/t8-/m0/s1. The van der Waals surface area contributed by atoms with Gasteiger partial charge in [-0.15, -0.1) is 0 Å². The van der Waals surface area contributed by atoms with Crippen LogP contribution in [0.2, 0.25) is 10.0 Å². The summed E-state index contributed by atoms with van der Waals surface area (Å²) < 4.78 is 0. The number of nitrogens with two attached hydrogens (primary N) is 1. The highest BCUT2D eigenvalue weighted by atomic mass is 35.5. The van der Waals surface area contributed by atoms with Gasteiger partial charge in [0.2, 0.25) is 0 Å². The van der Waals surface area contributed by atoms with Crippen molar-refractivity contribution >= 4 is 23.2 Å². The van der Waals surface area contributed by atoms with E-state index >= 15 is 0 Å². The number of aliphatic hydroxyl groups excluding tert-OH is 1. The summed E-state index contributed by atoms with van der Waals surface area (Å²) in [6, 6.07) is 5.44. The average Bonchev–Trinajstić information content (AvgIpc) is 2.19. The summed E-state index contributed by atoms with van der Waals surface area (Å²) in [4.78, 5) is 0. The topological polar surface area (TPSA) is 46.2 Å². The summed E-state index contributed by atoms with van der Waals surface area (Å²) in [5, 5.41) is 9.90. The second-order valence-electron chi connectivity index (χ2n) is 3.12. The fourth-order valence-electron chi connectivity index (χ4n) is 1.34. The Morgan fingerprint density at radius 3 is 2.50 bits per heavy atom. The van der Waals surface area contributed by atoms with Crippen molar-refractivity contribution < 1.29 is 5.11 Å². The Bertz CT molecular complexity index is 304. The number of rotatable bonds is 4. The molecule has 0 radical (unpaired) electrons. The molecule has 0 saturated heterocycles. The molecule has 1 aromatic carbocycles. The van der Waals surface area contributed by atoms with Gasteiger partial charge in [-0.25, -0.2) is 0 Å². The van der Waals surface area contributed by atoms with E-state index < -0.39 is 0 Å². The molecule has 0 aliphatic carbocycles. The Morgan fingerprint density at radius 2 is 2.00 bits per heavy atom. The molecule has 0 aromatic heterocycles. The summed E-state index contributed by atoms with van der Waals surface area (Å²) >= 11 is 11.7. The molecular weight excluding hydrogens is 221 g/mol. The Labute approximate surface area is 93.6 Å². The Hall–Kier alpha value is -0.280. The van der Waals surface area contributed by atoms with E-state index in [-0.39, 0.29) is 12.5 Å². The highest BCUT2D eigenvalue weighted by Crippen LogP contribution is 2.27. The number of aliphatic hydroxyl groups is 1. The Balaban J connectivity index is 2.88. The average molecular weight is 234 g/mol. The van der Waals surface area contributed by atoms with E-state index in [1.54, 1.807) is 12.1 Å². The van der Waals surface area contributed by atoms with Gasteiger partial charge in [0.1, 0.15) is 0 Å². The SMILES string of the molecule is NC[C@H](CCO)c1ccc(Cl)c(Cl)c1. The molecule has 1 aromatic rings. The molecule has 0 fully saturated rings. The Morgan fingerprint density at radius 1 is 1.29 bits per heavy atom. The van der Waals surface area contributed by atoms with Crippen LogP contribution in [-0.4, -0.2) is 18.3 Å². The molecule has 3 N–H and O–H groups in total. The van der Waals surface area contributed by atoms with E-state index in [0.717, 1.165) is 5.56 Å². The predicted molar refractivity (Wildman–Crippen MR) is 60.0 cm³/mol. The monoisotopic (exact) mass is 233 g/mol. The molecule has 0 amide bonds. The van der Waals surface area contributed by atoms with Crippen molar-refractivity contribution in [3.63, 3.8) is 0 Å². The summed E-state index contributed by atoms with van der Waals surface area (Å²) in [5.74, 6) is 0.148. The minimum atomic E-state index is 0.127. The number of benzene rings is 1. The van der Waals surface area contributed by atoms with Crippen molar-refractivity contribution in [3.05, 3.63) is 33.8 Å². The Kier molecular flexibility index (Phi) is 4.69. The van der Waals surface area contributed by atoms with Crippen molar-refractivity contribution in [3.8, 4) is 0 Å². The second kappa shape index (κ2) is 5.56. The van der Waals surface area contributed by atoms with E-state index in [1.807, 2.05) is 6.07 Å². The molecular formula is C10H13Cl2NO. The van der Waals surface area contributed by atoms with Crippen LogP contribution in [-0.2, 0) is 0 Å². The second-order valence-corrected chi connectivity index (χ2v) is 3.93. The van der Waals surface area contributed by atoms with Crippen molar-refractivity contribution in [1.29, 1.82) is 0 Å². The summed E-state index contributed by atoms with van der Waals surface area (Å²) in [5.41, 5.74) is 6.62. The third kappa shape index (κ3) is 2.85. The first kappa shape index (κ1) is 11.8. The lowest BCUT2D eigenvalue weighted by atomic mass is 9.96. The van der Waals surface area contributed by atoms with E-state index in [2.05, 4.69) is 0 Å². The molecule has 78 valence electrons. The van der Waals surface area contributed by atoms with Gasteiger partial charge in [0.15, 0.2) is 0 Å². The van der Waals surface area contributed by atoms with Crippen molar-refractivity contribution in [2.75, 3.05) is 13.2 Å². The molecule has 0 aliphatic heterocycles. The van der Waals surface area contributed by atoms with E-state index in [9.17, 15) is 0 Å². The maximum absolute atomic E-state index is 8.84. The quantitative estimate of drug-likeness (QED) is 0.840. The van der Waals surface area contributed by atoms with Crippen LogP contribution < -0.4 is 5.73 Å². The molecule has 1 rings (SSSR count). The minimum Gasteiger partial charge on any atom is -0.396 e. The van der Waals surface area contributed by atoms with Crippen LogP contribution in [0, 0.1) is 0 Å². The zero-order valence-electron chi connectivity index (χ0n) is 7.71. The maximum Gasteiger partial charge on any atom is 0.0595 e. The highest BCUT2D eigenvalue weighted by Gasteiger charge is 2.10. The zero-order chi connectivity index (χ0) is 10.6. The summed E-state index contributed by atoms with van der Waals surface area (Å²) in [6.07, 6.45) is 0.647. The van der Waals surface area contributed by atoms with Gasteiger partial charge in [-0.05, 0) is 36.6 Å². The van der Waals surface area contributed by atoms with Crippen molar-refractivity contribution in [2.45, 2.75) is 12.3 Å². The van der Waals surface area contributed by atoms with E-state index in [4.69, 9.17) is 34.0 Å². The number of hydrogen-bond donors (Lipinski definition) is 2. The minimum absolute atomic E-state index is 0.127. The van der Waals surface area contributed by atoms with Crippen LogP contribution in [0.15, 0.2) is 18.2 Å². The van der Waals surface area contributed by atoms with Gasteiger partial charge in [-0.2, -0.15) is 0 Å². The van der Waals surface area contributed by atoms with Crippen LogP contribution in [0.5, 0.6) is 0 Å². The molecule has 14 heavy (non-hydrogen) atoms. The molecule has 0 spiro atoms. The van der Waals surface area contributed by atoms with Gasteiger partial charge in [0, 0.05) is 6.61 Å². The fraction of sp³-hybridized carbons (Fsp3) is 0.400. The first-order valence-corrected chi connectivity index (χ1v) is 5.20.